The van der Waals surface area contributed by atoms with Crippen LogP contribution in [0, 0.1) is 0 Å². The Hall–Kier alpha value is -1.56. The highest BCUT2D eigenvalue weighted by Crippen LogP contribution is 2.24. The second-order valence-electron chi connectivity index (χ2n) is 2.72. The van der Waals surface area contributed by atoms with Crippen LogP contribution in [-0.4, -0.2) is 18.1 Å². The molecule has 1 aromatic rings. The van der Waals surface area contributed by atoms with Crippen molar-refractivity contribution in [3.8, 4) is 0 Å². The first-order valence-electron chi connectivity index (χ1n) is 4.16. The van der Waals surface area contributed by atoms with E-state index in [2.05, 4.69) is 9.72 Å². The molecule has 0 aliphatic rings. The van der Waals surface area contributed by atoms with Gasteiger partial charge in [-0.15, -0.1) is 0 Å². The van der Waals surface area contributed by atoms with Crippen molar-refractivity contribution >= 4 is 5.97 Å². The Morgan fingerprint density at radius 3 is 2.80 bits per heavy atom. The number of nitrogens with two attached hydrogens (primary N) is 1. The second kappa shape index (κ2) is 4.79. The van der Waals surface area contributed by atoms with Gasteiger partial charge in [0.2, 0.25) is 0 Å². The minimum atomic E-state index is -2.69. The average Bonchev–Trinajstić information content (AvgIpc) is 2.26. The quantitative estimate of drug-likeness (QED) is 0.772. The van der Waals surface area contributed by atoms with Gasteiger partial charge in [0.15, 0.2) is 5.69 Å². The number of rotatable bonds is 3. The molecule has 0 radical (unpaired) electrons. The number of carbonyl (C=O) groups excluding carboxylic acids is 1. The Morgan fingerprint density at radius 1 is 1.67 bits per heavy atom. The molecule has 0 spiro atoms. The van der Waals surface area contributed by atoms with Crippen LogP contribution >= 0.6 is 0 Å². The number of nitrogens with zero attached hydrogens (tertiary/aromatic N) is 1. The van der Waals surface area contributed by atoms with Gasteiger partial charge < -0.3 is 10.5 Å². The van der Waals surface area contributed by atoms with Crippen molar-refractivity contribution in [2.24, 2.45) is 5.73 Å². The van der Waals surface area contributed by atoms with E-state index in [4.69, 9.17) is 5.73 Å². The highest BCUT2D eigenvalue weighted by molar-refractivity contribution is 5.89. The monoisotopic (exact) mass is 216 g/mol. The Kier molecular flexibility index (Phi) is 3.68. The van der Waals surface area contributed by atoms with Gasteiger partial charge in [0, 0.05) is 23.9 Å². The molecule has 0 aliphatic heterocycles. The van der Waals surface area contributed by atoms with Gasteiger partial charge in [-0.2, -0.15) is 0 Å². The van der Waals surface area contributed by atoms with E-state index in [1.165, 1.54) is 0 Å². The van der Waals surface area contributed by atoms with Gasteiger partial charge in [-0.25, -0.2) is 18.6 Å². The van der Waals surface area contributed by atoms with Gasteiger partial charge in [0.05, 0.1) is 7.11 Å². The van der Waals surface area contributed by atoms with E-state index in [9.17, 15) is 13.6 Å². The highest BCUT2D eigenvalue weighted by Gasteiger charge is 2.20. The van der Waals surface area contributed by atoms with Crippen LogP contribution in [-0.2, 0) is 11.3 Å². The first kappa shape index (κ1) is 11.5. The topological polar surface area (TPSA) is 65.2 Å². The smallest absolute Gasteiger partial charge is 0.356 e. The molecule has 0 aromatic carbocycles. The zero-order valence-electron chi connectivity index (χ0n) is 8.04. The zero-order chi connectivity index (χ0) is 11.4. The predicted molar refractivity (Wildman–Crippen MR) is 48.4 cm³/mol. The Labute approximate surface area is 85.1 Å². The number of pyridine rings is 1. The van der Waals surface area contributed by atoms with E-state index in [0.29, 0.717) is 0 Å². The second-order valence-corrected chi connectivity index (χ2v) is 2.72. The maximum atomic E-state index is 12.5. The number of methoxy groups -OCH3 is 1. The summed E-state index contributed by atoms with van der Waals surface area (Å²) in [6, 6.07) is 1.14. The van der Waals surface area contributed by atoms with Gasteiger partial charge >= 0.3 is 5.97 Å². The SMILES string of the molecule is COC(=O)c1nccc(C(F)F)c1CN. The van der Waals surface area contributed by atoms with Crippen LogP contribution in [0.25, 0.3) is 0 Å². The van der Waals surface area contributed by atoms with Crippen molar-refractivity contribution in [1.29, 1.82) is 0 Å². The van der Waals surface area contributed by atoms with Crippen LogP contribution in [0.15, 0.2) is 12.3 Å². The fourth-order valence-electron chi connectivity index (χ4n) is 1.20. The summed E-state index contributed by atoms with van der Waals surface area (Å²) in [5, 5.41) is 0. The van der Waals surface area contributed by atoms with Crippen molar-refractivity contribution in [1.82, 2.24) is 4.98 Å². The first-order chi connectivity index (χ1) is 7.11. The summed E-state index contributed by atoms with van der Waals surface area (Å²) < 4.78 is 29.5. The van der Waals surface area contributed by atoms with E-state index in [1.807, 2.05) is 0 Å². The molecule has 0 saturated carbocycles. The van der Waals surface area contributed by atoms with Crippen LogP contribution in [0.4, 0.5) is 8.78 Å². The lowest BCUT2D eigenvalue weighted by molar-refractivity contribution is 0.0592. The summed E-state index contributed by atoms with van der Waals surface area (Å²) in [7, 11) is 1.15. The number of hydrogen-bond donors (Lipinski definition) is 1. The molecule has 82 valence electrons. The molecule has 0 saturated heterocycles. The molecule has 0 atom stereocenters. The van der Waals surface area contributed by atoms with Gasteiger partial charge in [-0.1, -0.05) is 0 Å². The molecular weight excluding hydrogens is 206 g/mol. The Morgan fingerprint density at radius 2 is 2.33 bits per heavy atom. The van der Waals surface area contributed by atoms with Crippen LogP contribution in [0.1, 0.15) is 28.0 Å². The maximum Gasteiger partial charge on any atom is 0.356 e. The number of alkyl halides is 2. The van der Waals surface area contributed by atoms with Crippen molar-refractivity contribution < 1.29 is 18.3 Å². The summed E-state index contributed by atoms with van der Waals surface area (Å²) in [6.07, 6.45) is -1.55. The van der Waals surface area contributed by atoms with Gasteiger partial charge in [-0.05, 0) is 6.07 Å². The lowest BCUT2D eigenvalue weighted by atomic mass is 10.1. The van der Waals surface area contributed by atoms with Crippen molar-refractivity contribution in [3.05, 3.63) is 29.1 Å². The van der Waals surface area contributed by atoms with Crippen LogP contribution in [0.3, 0.4) is 0 Å². The first-order valence-corrected chi connectivity index (χ1v) is 4.16. The molecular formula is C9H10F2N2O2. The number of hydrogen-bond acceptors (Lipinski definition) is 4. The van der Waals surface area contributed by atoms with Crippen molar-refractivity contribution in [2.45, 2.75) is 13.0 Å². The largest absolute Gasteiger partial charge is 0.464 e. The summed E-state index contributed by atoms with van der Waals surface area (Å²) in [5.41, 5.74) is 4.89. The molecule has 0 bridgehead atoms. The third-order valence-corrected chi connectivity index (χ3v) is 1.91. The average molecular weight is 216 g/mol. The molecule has 1 heterocycles. The van der Waals surface area contributed by atoms with E-state index in [1.54, 1.807) is 0 Å². The molecule has 1 aromatic heterocycles. The molecule has 0 amide bonds. The van der Waals surface area contributed by atoms with Crippen molar-refractivity contribution in [2.75, 3.05) is 7.11 Å². The Balaban J connectivity index is 3.28. The lowest BCUT2D eigenvalue weighted by Crippen LogP contribution is -2.14. The number of esters is 1. The minimum absolute atomic E-state index is 0.0272. The molecule has 0 fully saturated rings. The van der Waals surface area contributed by atoms with E-state index < -0.39 is 12.4 Å². The molecule has 2 N–H and O–H groups in total. The van der Waals surface area contributed by atoms with Crippen LogP contribution < -0.4 is 5.73 Å². The summed E-state index contributed by atoms with van der Waals surface area (Å²) >= 11 is 0. The molecule has 6 heteroatoms. The maximum absolute atomic E-state index is 12.5. The number of ether oxygens (including phenoxy) is 1. The van der Waals surface area contributed by atoms with Crippen molar-refractivity contribution in [3.63, 3.8) is 0 Å². The molecule has 1 rings (SSSR count). The third kappa shape index (κ3) is 2.27. The normalized spacial score (nSPS) is 10.5. The standard InChI is InChI=1S/C9H10F2N2O2/c1-15-9(14)7-6(4-12)5(8(10)11)2-3-13-7/h2-3,8H,4,12H2,1H3. The number of aromatic nitrogens is 1. The predicted octanol–water partition coefficient (Wildman–Crippen LogP) is 1.26. The minimum Gasteiger partial charge on any atom is -0.464 e. The van der Waals surface area contributed by atoms with Gasteiger partial charge in [0.1, 0.15) is 0 Å². The summed E-state index contributed by atoms with van der Waals surface area (Å²) in [5.74, 6) is -0.766. The molecule has 15 heavy (non-hydrogen) atoms. The fraction of sp³-hybridized carbons (Fsp3) is 0.333. The summed E-state index contributed by atoms with van der Waals surface area (Å²) in [4.78, 5) is 14.9. The number of carbonyl (C=O) groups is 1. The van der Waals surface area contributed by atoms with Gasteiger partial charge in [0.25, 0.3) is 6.43 Å². The fourth-order valence-corrected chi connectivity index (χ4v) is 1.20. The molecule has 0 unspecified atom stereocenters. The summed E-state index contributed by atoms with van der Waals surface area (Å²) in [6.45, 7) is -0.183. The third-order valence-electron chi connectivity index (χ3n) is 1.91. The van der Waals surface area contributed by atoms with Crippen LogP contribution in [0.5, 0.6) is 0 Å². The molecule has 0 aliphatic carbocycles. The Bertz CT molecular complexity index is 369. The van der Waals surface area contributed by atoms with Gasteiger partial charge in [-0.3, -0.25) is 0 Å². The van der Waals surface area contributed by atoms with E-state index >= 15 is 0 Å². The number of halogens is 2. The van der Waals surface area contributed by atoms with E-state index in [-0.39, 0.29) is 23.4 Å². The van der Waals surface area contributed by atoms with Crippen LogP contribution in [0.2, 0.25) is 0 Å². The highest BCUT2D eigenvalue weighted by atomic mass is 19.3. The molecule has 4 nitrogen and oxygen atoms in total. The lowest BCUT2D eigenvalue weighted by Gasteiger charge is -2.09. The zero-order valence-corrected chi connectivity index (χ0v) is 8.04. The van der Waals surface area contributed by atoms with E-state index in [0.717, 1.165) is 19.4 Å².